The van der Waals surface area contributed by atoms with Gasteiger partial charge in [-0.1, -0.05) is 12.1 Å². The van der Waals surface area contributed by atoms with Crippen LogP contribution in [0.1, 0.15) is 13.8 Å². The average Bonchev–Trinajstić information content (AvgIpc) is 2.57. The number of nitrogens with one attached hydrogen (secondary N) is 1. The molecule has 0 atom stereocenters. The Bertz CT molecular complexity index is 738. The summed E-state index contributed by atoms with van der Waals surface area (Å²) >= 11 is 0. The minimum atomic E-state index is -0.441. The predicted octanol–water partition coefficient (Wildman–Crippen LogP) is 0.743. The van der Waals surface area contributed by atoms with Crippen LogP contribution in [0.15, 0.2) is 41.2 Å². The molecule has 1 N–H and O–H groups in total. The average molecular weight is 317 g/mol. The smallest absolute Gasteiger partial charge is 0.270 e. The van der Waals surface area contributed by atoms with E-state index in [2.05, 4.69) is 18.9 Å². The summed E-state index contributed by atoms with van der Waals surface area (Å²) in [5, 5.41) is 15.2. The molecule has 0 fully saturated rings. The molecule has 0 aliphatic heterocycles. The third-order valence-corrected chi connectivity index (χ3v) is 3.90. The van der Waals surface area contributed by atoms with Gasteiger partial charge in [0.15, 0.2) is 0 Å². The summed E-state index contributed by atoms with van der Waals surface area (Å²) in [4.78, 5) is 23.8. The molecule has 2 rings (SSSR count). The van der Waals surface area contributed by atoms with E-state index in [0.29, 0.717) is 17.8 Å². The summed E-state index contributed by atoms with van der Waals surface area (Å²) in [6.45, 7) is 7.55. The molecule has 0 amide bonds. The van der Waals surface area contributed by atoms with E-state index in [-0.39, 0.29) is 11.2 Å². The zero-order valence-corrected chi connectivity index (χ0v) is 13.4. The van der Waals surface area contributed by atoms with Crippen molar-refractivity contribution in [2.24, 2.45) is 0 Å². The van der Waals surface area contributed by atoms with Crippen LogP contribution < -0.4 is 10.5 Å². The van der Waals surface area contributed by atoms with Crippen molar-refractivity contribution in [3.05, 3.63) is 56.9 Å². The summed E-state index contributed by atoms with van der Waals surface area (Å²) in [7, 11) is 0. The number of nitro benzene ring substituents is 1. The Morgan fingerprint density at radius 1 is 1.22 bits per heavy atom. The number of aromatic nitrogens is 2. The largest absolute Gasteiger partial charge is 0.334 e. The van der Waals surface area contributed by atoms with Crippen LogP contribution in [0.3, 0.4) is 0 Å². The number of nitrogens with zero attached hydrogens (tertiary/aromatic N) is 3. The van der Waals surface area contributed by atoms with Crippen molar-refractivity contribution < 1.29 is 9.82 Å². The van der Waals surface area contributed by atoms with Gasteiger partial charge in [-0.05, 0) is 19.9 Å². The Morgan fingerprint density at radius 3 is 2.61 bits per heavy atom. The lowest BCUT2D eigenvalue weighted by atomic mass is 10.1. The fraction of sp³-hybridized carbons (Fsp3) is 0.375. The third kappa shape index (κ3) is 4.23. The molecule has 0 bridgehead atoms. The van der Waals surface area contributed by atoms with Gasteiger partial charge in [-0.25, -0.2) is 4.68 Å². The first-order valence-electron chi connectivity index (χ1n) is 7.71. The lowest BCUT2D eigenvalue weighted by Gasteiger charge is -2.15. The van der Waals surface area contributed by atoms with Gasteiger partial charge in [-0.3, -0.25) is 14.9 Å². The van der Waals surface area contributed by atoms with Gasteiger partial charge < -0.3 is 4.90 Å². The van der Waals surface area contributed by atoms with Gasteiger partial charge in [0.25, 0.3) is 11.2 Å². The topological polar surface area (TPSA) is 82.5 Å². The van der Waals surface area contributed by atoms with E-state index in [9.17, 15) is 14.9 Å². The van der Waals surface area contributed by atoms with Gasteiger partial charge in [-0.15, -0.1) is 0 Å². The fourth-order valence-corrected chi connectivity index (χ4v) is 2.41. The Morgan fingerprint density at radius 2 is 1.96 bits per heavy atom. The van der Waals surface area contributed by atoms with Crippen LogP contribution in [0, 0.1) is 10.1 Å². The van der Waals surface area contributed by atoms with E-state index in [1.54, 1.807) is 18.2 Å². The molecule has 2 aromatic rings. The Balaban J connectivity index is 2.28. The van der Waals surface area contributed by atoms with Gasteiger partial charge in [-0.2, -0.15) is 5.10 Å². The lowest BCUT2D eigenvalue weighted by Crippen LogP contribution is -3.11. The number of benzene rings is 1. The first-order chi connectivity index (χ1) is 11.0. The van der Waals surface area contributed by atoms with Gasteiger partial charge in [0.05, 0.1) is 36.8 Å². The molecule has 0 radical (unpaired) electrons. The van der Waals surface area contributed by atoms with Crippen LogP contribution >= 0.6 is 0 Å². The first-order valence-corrected chi connectivity index (χ1v) is 7.71. The van der Waals surface area contributed by atoms with Crippen LogP contribution in [0.4, 0.5) is 5.69 Å². The molecular formula is C16H21N4O3+. The number of likely N-dealkylation sites (N-methyl/N-ethyl adjacent to an activating group) is 1. The highest BCUT2D eigenvalue weighted by Crippen LogP contribution is 2.21. The van der Waals surface area contributed by atoms with Crippen molar-refractivity contribution in [1.29, 1.82) is 0 Å². The summed E-state index contributed by atoms with van der Waals surface area (Å²) in [6, 6.07) is 9.32. The second-order valence-electron chi connectivity index (χ2n) is 5.29. The molecule has 0 unspecified atom stereocenters. The van der Waals surface area contributed by atoms with Crippen molar-refractivity contribution in [1.82, 2.24) is 9.78 Å². The number of non-ortho nitro benzene ring substituents is 1. The minimum Gasteiger partial charge on any atom is -0.334 e. The highest BCUT2D eigenvalue weighted by Gasteiger charge is 2.10. The number of hydrogen-bond donors (Lipinski definition) is 1. The molecular weight excluding hydrogens is 296 g/mol. The zero-order valence-electron chi connectivity index (χ0n) is 13.4. The summed E-state index contributed by atoms with van der Waals surface area (Å²) < 4.78 is 1.43. The normalized spacial score (nSPS) is 10.9. The first kappa shape index (κ1) is 16.8. The monoisotopic (exact) mass is 317 g/mol. The van der Waals surface area contributed by atoms with E-state index >= 15 is 0 Å². The molecule has 0 saturated carbocycles. The second-order valence-corrected chi connectivity index (χ2v) is 5.29. The summed E-state index contributed by atoms with van der Waals surface area (Å²) in [5.74, 6) is 0. The number of rotatable bonds is 7. The van der Waals surface area contributed by atoms with Gasteiger partial charge in [0, 0.05) is 23.8 Å². The maximum absolute atomic E-state index is 12.0. The van der Waals surface area contributed by atoms with E-state index in [1.165, 1.54) is 27.8 Å². The molecule has 23 heavy (non-hydrogen) atoms. The molecule has 1 aromatic heterocycles. The summed E-state index contributed by atoms with van der Waals surface area (Å²) in [6.07, 6.45) is 0. The minimum absolute atomic E-state index is 0.00892. The van der Waals surface area contributed by atoms with Crippen LogP contribution in [-0.2, 0) is 6.54 Å². The van der Waals surface area contributed by atoms with Crippen molar-refractivity contribution in [3.8, 4) is 11.3 Å². The fourth-order valence-electron chi connectivity index (χ4n) is 2.41. The van der Waals surface area contributed by atoms with E-state index in [4.69, 9.17) is 0 Å². The van der Waals surface area contributed by atoms with Crippen LogP contribution in [0.2, 0.25) is 0 Å². The highest BCUT2D eigenvalue weighted by molar-refractivity contribution is 5.61. The van der Waals surface area contributed by atoms with E-state index in [1.807, 2.05) is 0 Å². The van der Waals surface area contributed by atoms with E-state index < -0.39 is 4.92 Å². The Hall–Kier alpha value is -2.54. The molecule has 0 saturated heterocycles. The SMILES string of the molecule is CC[NH+](CC)CCn1nc(-c2cccc([N+](=O)[O-])c2)ccc1=O. The molecule has 0 spiro atoms. The Labute approximate surface area is 134 Å². The van der Waals surface area contributed by atoms with Crippen LogP contribution in [0.5, 0.6) is 0 Å². The number of hydrogen-bond acceptors (Lipinski definition) is 4. The van der Waals surface area contributed by atoms with Gasteiger partial charge >= 0.3 is 0 Å². The number of nitro groups is 1. The maximum Gasteiger partial charge on any atom is 0.270 e. The molecule has 7 nitrogen and oxygen atoms in total. The predicted molar refractivity (Wildman–Crippen MR) is 87.5 cm³/mol. The molecule has 0 aliphatic rings. The molecule has 0 aliphatic carbocycles. The van der Waals surface area contributed by atoms with Crippen molar-refractivity contribution in [2.75, 3.05) is 19.6 Å². The second kappa shape index (κ2) is 7.64. The highest BCUT2D eigenvalue weighted by atomic mass is 16.6. The molecule has 122 valence electrons. The van der Waals surface area contributed by atoms with Crippen molar-refractivity contribution >= 4 is 5.69 Å². The van der Waals surface area contributed by atoms with Gasteiger partial charge in [0.1, 0.15) is 0 Å². The van der Waals surface area contributed by atoms with Crippen molar-refractivity contribution in [2.45, 2.75) is 20.4 Å². The van der Waals surface area contributed by atoms with Crippen LogP contribution in [-0.4, -0.2) is 34.3 Å². The summed E-state index contributed by atoms with van der Waals surface area (Å²) in [5.41, 5.74) is 1.03. The number of quaternary nitrogens is 1. The Kier molecular flexibility index (Phi) is 5.59. The van der Waals surface area contributed by atoms with Gasteiger partial charge in [0.2, 0.25) is 0 Å². The standard InChI is InChI=1S/C16H20N4O3/c1-3-18(4-2)10-11-19-16(21)9-8-15(17-19)13-6-5-7-14(12-13)20(22)23/h5-9,12H,3-4,10-11H2,1-2H3/p+1. The van der Waals surface area contributed by atoms with E-state index in [0.717, 1.165) is 19.6 Å². The maximum atomic E-state index is 12.0. The quantitative estimate of drug-likeness (QED) is 0.603. The zero-order chi connectivity index (χ0) is 16.8. The third-order valence-electron chi connectivity index (χ3n) is 3.90. The lowest BCUT2D eigenvalue weighted by molar-refractivity contribution is -0.897. The molecule has 7 heteroatoms. The molecule has 1 heterocycles. The van der Waals surface area contributed by atoms with Crippen molar-refractivity contribution in [3.63, 3.8) is 0 Å². The molecule has 1 aromatic carbocycles. The van der Waals surface area contributed by atoms with Crippen LogP contribution in [0.25, 0.3) is 11.3 Å².